The van der Waals surface area contributed by atoms with Crippen molar-refractivity contribution in [3.05, 3.63) is 0 Å². The number of primary amides is 1. The van der Waals surface area contributed by atoms with E-state index in [9.17, 15) is 18.0 Å². The number of carbonyl (C=O) groups excluding carboxylic acids is 1. The second kappa shape index (κ2) is 5.01. The maximum Gasteiger partial charge on any atom is 0.404 e. The quantitative estimate of drug-likeness (QED) is 0.737. The van der Waals surface area contributed by atoms with Crippen LogP contribution < -0.4 is 11.5 Å². The number of alkyl halides is 3. The SMILES string of the molecule is NCCC(N1CCCC1C(N)=O)C(F)(F)F. The predicted octanol–water partition coefficient (Wildman–Crippen LogP) is 0.216. The van der Waals surface area contributed by atoms with Crippen LogP contribution in [0.15, 0.2) is 0 Å². The highest BCUT2D eigenvalue weighted by atomic mass is 19.4. The molecule has 0 radical (unpaired) electrons. The summed E-state index contributed by atoms with van der Waals surface area (Å²) in [7, 11) is 0. The van der Waals surface area contributed by atoms with Crippen LogP contribution in [0.5, 0.6) is 0 Å². The predicted molar refractivity (Wildman–Crippen MR) is 52.4 cm³/mol. The molecule has 0 aliphatic carbocycles. The Balaban J connectivity index is 2.81. The number of likely N-dealkylation sites (tertiary alicyclic amines) is 1. The molecule has 1 aliphatic rings. The largest absolute Gasteiger partial charge is 0.404 e. The number of nitrogens with zero attached hydrogens (tertiary/aromatic N) is 1. The van der Waals surface area contributed by atoms with E-state index in [1.807, 2.05) is 0 Å². The van der Waals surface area contributed by atoms with Crippen LogP contribution in [0, 0.1) is 0 Å². The maximum absolute atomic E-state index is 12.7. The minimum Gasteiger partial charge on any atom is -0.368 e. The number of hydrogen-bond acceptors (Lipinski definition) is 3. The van der Waals surface area contributed by atoms with E-state index < -0.39 is 24.2 Å². The van der Waals surface area contributed by atoms with Crippen molar-refractivity contribution in [2.45, 2.75) is 37.5 Å². The average Bonchev–Trinajstić information content (AvgIpc) is 2.60. The summed E-state index contributed by atoms with van der Waals surface area (Å²) in [5.41, 5.74) is 10.3. The van der Waals surface area contributed by atoms with Gasteiger partial charge in [-0.05, 0) is 32.4 Å². The fraction of sp³-hybridized carbons (Fsp3) is 0.889. The molecule has 0 aromatic carbocycles. The van der Waals surface area contributed by atoms with E-state index in [1.54, 1.807) is 0 Å². The molecule has 1 fully saturated rings. The van der Waals surface area contributed by atoms with Crippen molar-refractivity contribution < 1.29 is 18.0 Å². The van der Waals surface area contributed by atoms with Crippen LogP contribution in [0.1, 0.15) is 19.3 Å². The Kier molecular flexibility index (Phi) is 4.15. The summed E-state index contributed by atoms with van der Waals surface area (Å²) in [5.74, 6) is -0.691. The van der Waals surface area contributed by atoms with Gasteiger partial charge in [0.25, 0.3) is 0 Å². The average molecular weight is 239 g/mol. The molecule has 0 aromatic heterocycles. The van der Waals surface area contributed by atoms with Gasteiger partial charge in [0.05, 0.1) is 6.04 Å². The van der Waals surface area contributed by atoms with Gasteiger partial charge in [0, 0.05) is 0 Å². The molecule has 2 atom stereocenters. The molecule has 1 aliphatic heterocycles. The highest BCUT2D eigenvalue weighted by Gasteiger charge is 2.47. The monoisotopic (exact) mass is 239 g/mol. The van der Waals surface area contributed by atoms with Crippen LogP contribution in [0.25, 0.3) is 0 Å². The Morgan fingerprint density at radius 3 is 2.56 bits per heavy atom. The summed E-state index contributed by atoms with van der Waals surface area (Å²) < 4.78 is 38.2. The number of carbonyl (C=O) groups is 1. The summed E-state index contributed by atoms with van der Waals surface area (Å²) in [6.45, 7) is 0.184. The number of halogens is 3. The lowest BCUT2D eigenvalue weighted by Crippen LogP contribution is -2.52. The second-order valence-corrected chi connectivity index (χ2v) is 3.93. The van der Waals surface area contributed by atoms with Crippen LogP contribution >= 0.6 is 0 Å². The molecule has 4 N–H and O–H groups in total. The van der Waals surface area contributed by atoms with Gasteiger partial charge >= 0.3 is 6.18 Å². The third-order valence-corrected chi connectivity index (χ3v) is 2.84. The van der Waals surface area contributed by atoms with Crippen LogP contribution in [0.4, 0.5) is 13.2 Å². The van der Waals surface area contributed by atoms with E-state index in [1.165, 1.54) is 0 Å². The molecule has 1 saturated heterocycles. The van der Waals surface area contributed by atoms with Crippen molar-refractivity contribution >= 4 is 5.91 Å². The Bertz CT molecular complexity index is 257. The van der Waals surface area contributed by atoms with Gasteiger partial charge in [0.1, 0.15) is 6.04 Å². The molecule has 1 amide bonds. The molecular weight excluding hydrogens is 223 g/mol. The topological polar surface area (TPSA) is 72.3 Å². The Morgan fingerprint density at radius 1 is 1.50 bits per heavy atom. The molecule has 1 rings (SSSR count). The van der Waals surface area contributed by atoms with Crippen LogP contribution in [-0.4, -0.2) is 42.2 Å². The first-order valence-corrected chi connectivity index (χ1v) is 5.19. The molecule has 94 valence electrons. The molecular formula is C9H16F3N3O. The van der Waals surface area contributed by atoms with Crippen molar-refractivity contribution in [2.24, 2.45) is 11.5 Å². The van der Waals surface area contributed by atoms with Crippen molar-refractivity contribution in [1.29, 1.82) is 0 Å². The van der Waals surface area contributed by atoms with E-state index in [2.05, 4.69) is 0 Å². The zero-order valence-electron chi connectivity index (χ0n) is 8.83. The third-order valence-electron chi connectivity index (χ3n) is 2.84. The fourth-order valence-electron chi connectivity index (χ4n) is 2.14. The second-order valence-electron chi connectivity index (χ2n) is 3.93. The van der Waals surface area contributed by atoms with Gasteiger partial charge in [-0.3, -0.25) is 9.69 Å². The molecule has 0 spiro atoms. The Morgan fingerprint density at radius 2 is 2.12 bits per heavy atom. The maximum atomic E-state index is 12.7. The van der Waals surface area contributed by atoms with Gasteiger partial charge in [-0.2, -0.15) is 13.2 Å². The first-order valence-electron chi connectivity index (χ1n) is 5.19. The van der Waals surface area contributed by atoms with Gasteiger partial charge in [0.15, 0.2) is 0 Å². The normalized spacial score (nSPS) is 24.6. The van der Waals surface area contributed by atoms with Gasteiger partial charge in [-0.25, -0.2) is 0 Å². The highest BCUT2D eigenvalue weighted by Crippen LogP contribution is 2.32. The molecule has 4 nitrogen and oxygen atoms in total. The zero-order valence-corrected chi connectivity index (χ0v) is 8.83. The molecule has 0 bridgehead atoms. The highest BCUT2D eigenvalue weighted by molar-refractivity contribution is 5.80. The van der Waals surface area contributed by atoms with E-state index in [-0.39, 0.29) is 19.5 Å². The van der Waals surface area contributed by atoms with E-state index >= 15 is 0 Å². The molecule has 0 saturated carbocycles. The van der Waals surface area contributed by atoms with Gasteiger partial charge in [0.2, 0.25) is 5.91 Å². The summed E-state index contributed by atoms with van der Waals surface area (Å²) in [4.78, 5) is 12.2. The van der Waals surface area contributed by atoms with Crippen molar-refractivity contribution in [3.8, 4) is 0 Å². The Hall–Kier alpha value is -0.820. The lowest BCUT2D eigenvalue weighted by molar-refractivity contribution is -0.187. The summed E-state index contributed by atoms with van der Waals surface area (Å²) in [6.07, 6.45) is -3.61. The smallest absolute Gasteiger partial charge is 0.368 e. The van der Waals surface area contributed by atoms with E-state index in [4.69, 9.17) is 11.5 Å². The third kappa shape index (κ3) is 2.85. The Labute approximate surface area is 91.8 Å². The summed E-state index contributed by atoms with van der Waals surface area (Å²) >= 11 is 0. The molecule has 2 unspecified atom stereocenters. The van der Waals surface area contributed by atoms with E-state index in [0.29, 0.717) is 12.8 Å². The van der Waals surface area contributed by atoms with Crippen LogP contribution in [0.3, 0.4) is 0 Å². The van der Waals surface area contributed by atoms with Gasteiger partial charge < -0.3 is 11.5 Å². The lowest BCUT2D eigenvalue weighted by Gasteiger charge is -2.32. The standard InChI is InChI=1S/C9H16F3N3O/c10-9(11,12)7(3-4-13)15-5-1-2-6(15)8(14)16/h6-7H,1-5,13H2,(H2,14,16). The van der Waals surface area contributed by atoms with Crippen LogP contribution in [-0.2, 0) is 4.79 Å². The van der Waals surface area contributed by atoms with Gasteiger partial charge in [-0.15, -0.1) is 0 Å². The minimum atomic E-state index is -4.36. The van der Waals surface area contributed by atoms with Crippen molar-refractivity contribution in [2.75, 3.05) is 13.1 Å². The van der Waals surface area contributed by atoms with Crippen molar-refractivity contribution in [3.63, 3.8) is 0 Å². The summed E-state index contributed by atoms with van der Waals surface area (Å²) in [6, 6.07) is -2.46. The fourth-order valence-corrected chi connectivity index (χ4v) is 2.14. The van der Waals surface area contributed by atoms with Crippen molar-refractivity contribution in [1.82, 2.24) is 4.90 Å². The number of rotatable bonds is 4. The number of hydrogen-bond donors (Lipinski definition) is 2. The molecule has 16 heavy (non-hydrogen) atoms. The minimum absolute atomic E-state index is 0.0633. The lowest BCUT2D eigenvalue weighted by atomic mass is 10.1. The number of nitrogens with two attached hydrogens (primary N) is 2. The van der Waals surface area contributed by atoms with Gasteiger partial charge in [-0.1, -0.05) is 0 Å². The molecule has 0 aromatic rings. The molecule has 1 heterocycles. The van der Waals surface area contributed by atoms with Crippen LogP contribution in [0.2, 0.25) is 0 Å². The first-order chi connectivity index (χ1) is 7.38. The number of amides is 1. The first kappa shape index (κ1) is 13.2. The van der Waals surface area contributed by atoms with E-state index in [0.717, 1.165) is 4.90 Å². The molecule has 7 heteroatoms. The zero-order chi connectivity index (χ0) is 12.3. The summed E-state index contributed by atoms with van der Waals surface area (Å²) in [5, 5.41) is 0.